The third kappa shape index (κ3) is 3.10. The van der Waals surface area contributed by atoms with Gasteiger partial charge in [-0.2, -0.15) is 0 Å². The van der Waals surface area contributed by atoms with E-state index in [-0.39, 0.29) is 6.42 Å². The van der Waals surface area contributed by atoms with Crippen molar-refractivity contribution in [2.45, 2.75) is 19.1 Å². The zero-order valence-corrected chi connectivity index (χ0v) is 9.72. The van der Waals surface area contributed by atoms with Gasteiger partial charge in [0.05, 0.1) is 5.76 Å². The number of rotatable bonds is 5. The van der Waals surface area contributed by atoms with Gasteiger partial charge in [0.25, 0.3) is 0 Å². The van der Waals surface area contributed by atoms with Crippen molar-refractivity contribution in [2.24, 2.45) is 0 Å². The Hall–Kier alpha value is -2.30. The number of cyclic esters (lactones) is 2. The van der Waals surface area contributed by atoms with E-state index in [4.69, 9.17) is 4.74 Å². The second-order valence-electron chi connectivity index (χ2n) is 3.92. The number of carbonyl (C=O) groups excluding carboxylic acids is 2. The molecule has 1 saturated heterocycles. The molecule has 1 amide bonds. The van der Waals surface area contributed by atoms with E-state index in [1.165, 1.54) is 0 Å². The third-order valence-corrected chi connectivity index (χ3v) is 2.49. The van der Waals surface area contributed by atoms with E-state index in [2.05, 4.69) is 16.6 Å². The van der Waals surface area contributed by atoms with Crippen LogP contribution in [0.15, 0.2) is 42.7 Å². The highest BCUT2D eigenvalue weighted by atomic mass is 16.6. The first-order chi connectivity index (χ1) is 8.65. The van der Waals surface area contributed by atoms with E-state index in [0.29, 0.717) is 12.4 Å². The lowest BCUT2D eigenvalue weighted by molar-refractivity contribution is -0.135. The molecule has 1 atom stereocenters. The van der Waals surface area contributed by atoms with Crippen molar-refractivity contribution >= 4 is 12.1 Å². The summed E-state index contributed by atoms with van der Waals surface area (Å²) in [6.07, 6.45) is -0.502. The number of hydrogen-bond donors (Lipinski definition) is 1. The standard InChI is InChI=1S/C13H13NO4/c1-9(7-11-12(15)18-13(16)14-11)17-8-10-5-3-2-4-6-10/h2-6,11H,1,7-8H2,(H,14,16). The summed E-state index contributed by atoms with van der Waals surface area (Å²) in [6, 6.07) is 8.91. The van der Waals surface area contributed by atoms with E-state index in [0.717, 1.165) is 5.56 Å². The van der Waals surface area contributed by atoms with Gasteiger partial charge in [0, 0.05) is 6.42 Å². The normalized spacial score (nSPS) is 18.1. The first-order valence-corrected chi connectivity index (χ1v) is 5.52. The van der Waals surface area contributed by atoms with E-state index >= 15 is 0 Å². The lowest BCUT2D eigenvalue weighted by atomic mass is 10.2. The number of amides is 1. The molecule has 0 bridgehead atoms. The Morgan fingerprint density at radius 3 is 2.67 bits per heavy atom. The number of alkyl carbamates (subject to hydrolysis) is 1. The molecular formula is C13H13NO4. The zero-order chi connectivity index (χ0) is 13.0. The molecule has 18 heavy (non-hydrogen) atoms. The molecule has 0 radical (unpaired) electrons. The molecule has 0 aliphatic carbocycles. The summed E-state index contributed by atoms with van der Waals surface area (Å²) in [7, 11) is 0. The van der Waals surface area contributed by atoms with Crippen molar-refractivity contribution in [1.82, 2.24) is 5.32 Å². The number of esters is 1. The highest BCUT2D eigenvalue weighted by Gasteiger charge is 2.32. The molecule has 94 valence electrons. The van der Waals surface area contributed by atoms with Crippen LogP contribution < -0.4 is 5.32 Å². The Morgan fingerprint density at radius 1 is 1.33 bits per heavy atom. The highest BCUT2D eigenvalue weighted by Crippen LogP contribution is 2.13. The number of nitrogens with one attached hydrogen (secondary N) is 1. The fraction of sp³-hybridized carbons (Fsp3) is 0.231. The molecular weight excluding hydrogens is 234 g/mol. The molecule has 5 heteroatoms. The summed E-state index contributed by atoms with van der Waals surface area (Å²) in [5.74, 6) is -0.160. The van der Waals surface area contributed by atoms with Crippen LogP contribution in [0.25, 0.3) is 0 Å². The molecule has 1 unspecified atom stereocenters. The molecule has 0 saturated carbocycles. The van der Waals surface area contributed by atoms with Gasteiger partial charge in [-0.25, -0.2) is 9.59 Å². The Balaban J connectivity index is 1.79. The fourth-order valence-corrected chi connectivity index (χ4v) is 1.57. The molecule has 1 N–H and O–H groups in total. The minimum absolute atomic E-state index is 0.220. The Kier molecular flexibility index (Phi) is 3.62. The predicted molar refractivity (Wildman–Crippen MR) is 63.4 cm³/mol. The molecule has 0 spiro atoms. The molecule has 1 aromatic carbocycles. The summed E-state index contributed by atoms with van der Waals surface area (Å²) in [5, 5.41) is 2.38. The van der Waals surface area contributed by atoms with Crippen LogP contribution in [0.4, 0.5) is 4.79 Å². The summed E-state index contributed by atoms with van der Waals surface area (Å²) in [5.41, 5.74) is 1.01. The lowest BCUT2D eigenvalue weighted by Gasteiger charge is -2.11. The third-order valence-electron chi connectivity index (χ3n) is 2.49. The average Bonchev–Trinajstić information content (AvgIpc) is 2.67. The fourth-order valence-electron chi connectivity index (χ4n) is 1.57. The molecule has 2 rings (SSSR count). The van der Waals surface area contributed by atoms with Crippen molar-refractivity contribution in [3.8, 4) is 0 Å². The number of benzene rings is 1. The topological polar surface area (TPSA) is 64.6 Å². The predicted octanol–water partition coefficient (Wildman–Crippen LogP) is 1.74. The average molecular weight is 247 g/mol. The summed E-state index contributed by atoms with van der Waals surface area (Å²) in [6.45, 7) is 4.10. The largest absolute Gasteiger partial charge is 0.494 e. The van der Waals surface area contributed by atoms with Crippen LogP contribution in [0.2, 0.25) is 0 Å². The Morgan fingerprint density at radius 2 is 2.06 bits per heavy atom. The number of carbonyl (C=O) groups is 2. The molecule has 1 aliphatic rings. The number of hydrogen-bond acceptors (Lipinski definition) is 4. The van der Waals surface area contributed by atoms with Gasteiger partial charge in [-0.15, -0.1) is 0 Å². The molecule has 1 fully saturated rings. The van der Waals surface area contributed by atoms with Crippen molar-refractivity contribution in [3.05, 3.63) is 48.2 Å². The van der Waals surface area contributed by atoms with Gasteiger partial charge >= 0.3 is 12.1 Å². The minimum Gasteiger partial charge on any atom is -0.494 e. The Labute approximate surface area is 104 Å². The molecule has 1 aromatic rings. The first-order valence-electron chi connectivity index (χ1n) is 5.52. The SMILES string of the molecule is C=C(CC1NC(=O)OC1=O)OCc1ccccc1. The minimum atomic E-state index is -0.721. The van der Waals surface area contributed by atoms with Crippen molar-refractivity contribution in [1.29, 1.82) is 0 Å². The quantitative estimate of drug-likeness (QED) is 0.489. The van der Waals surface area contributed by atoms with Gasteiger partial charge in [-0.1, -0.05) is 36.9 Å². The van der Waals surface area contributed by atoms with Gasteiger partial charge in [0.15, 0.2) is 0 Å². The summed E-state index contributed by atoms with van der Waals surface area (Å²) >= 11 is 0. The van der Waals surface area contributed by atoms with Crippen LogP contribution in [0, 0.1) is 0 Å². The van der Waals surface area contributed by atoms with Crippen LogP contribution in [0.5, 0.6) is 0 Å². The zero-order valence-electron chi connectivity index (χ0n) is 9.72. The maximum atomic E-state index is 11.2. The van der Waals surface area contributed by atoms with Gasteiger partial charge in [0.2, 0.25) is 0 Å². The van der Waals surface area contributed by atoms with E-state index in [1.54, 1.807) is 0 Å². The summed E-state index contributed by atoms with van der Waals surface area (Å²) in [4.78, 5) is 22.0. The van der Waals surface area contributed by atoms with Crippen LogP contribution >= 0.6 is 0 Å². The van der Waals surface area contributed by atoms with Gasteiger partial charge < -0.3 is 14.8 Å². The smallest absolute Gasteiger partial charge is 0.415 e. The summed E-state index contributed by atoms with van der Waals surface area (Å²) < 4.78 is 9.77. The van der Waals surface area contributed by atoms with Crippen molar-refractivity contribution in [2.75, 3.05) is 0 Å². The van der Waals surface area contributed by atoms with Gasteiger partial charge in [0.1, 0.15) is 12.6 Å². The second kappa shape index (κ2) is 5.35. The Bertz CT molecular complexity index is 469. The monoisotopic (exact) mass is 247 g/mol. The highest BCUT2D eigenvalue weighted by molar-refractivity contribution is 5.95. The van der Waals surface area contributed by atoms with Crippen LogP contribution in [0.3, 0.4) is 0 Å². The second-order valence-corrected chi connectivity index (χ2v) is 3.92. The van der Waals surface area contributed by atoms with E-state index < -0.39 is 18.1 Å². The maximum Gasteiger partial charge on any atom is 0.415 e. The van der Waals surface area contributed by atoms with Gasteiger partial charge in [-0.05, 0) is 5.56 Å². The van der Waals surface area contributed by atoms with Gasteiger partial charge in [-0.3, -0.25) is 0 Å². The van der Waals surface area contributed by atoms with Crippen molar-refractivity contribution < 1.29 is 19.1 Å². The van der Waals surface area contributed by atoms with Crippen LogP contribution in [-0.2, 0) is 20.9 Å². The molecule has 1 aliphatic heterocycles. The lowest BCUT2D eigenvalue weighted by Crippen LogP contribution is -2.29. The first kappa shape index (κ1) is 12.2. The molecule has 1 heterocycles. The van der Waals surface area contributed by atoms with Crippen LogP contribution in [0.1, 0.15) is 12.0 Å². The van der Waals surface area contributed by atoms with Crippen LogP contribution in [-0.4, -0.2) is 18.1 Å². The molecule has 0 aromatic heterocycles. The van der Waals surface area contributed by atoms with Crippen molar-refractivity contribution in [3.63, 3.8) is 0 Å². The molecule has 5 nitrogen and oxygen atoms in total. The van der Waals surface area contributed by atoms with E-state index in [9.17, 15) is 9.59 Å². The number of ether oxygens (including phenoxy) is 2. The maximum absolute atomic E-state index is 11.2. The van der Waals surface area contributed by atoms with E-state index in [1.807, 2.05) is 30.3 Å².